The second-order valence-corrected chi connectivity index (χ2v) is 8.81. The molecule has 0 unspecified atom stereocenters. The number of hydrogen-bond donors (Lipinski definition) is 1. The van der Waals surface area contributed by atoms with E-state index in [0.717, 1.165) is 16.3 Å². The van der Waals surface area contributed by atoms with Gasteiger partial charge in [-0.05, 0) is 43.7 Å². The van der Waals surface area contributed by atoms with E-state index in [9.17, 15) is 8.42 Å². The smallest absolute Gasteiger partial charge is 0.262 e. The molecule has 0 aliphatic heterocycles. The van der Waals surface area contributed by atoms with Crippen molar-refractivity contribution in [3.63, 3.8) is 0 Å². The van der Waals surface area contributed by atoms with Crippen molar-refractivity contribution in [1.82, 2.24) is 4.98 Å². The fourth-order valence-electron chi connectivity index (χ4n) is 2.48. The Morgan fingerprint density at radius 2 is 1.92 bits per heavy atom. The van der Waals surface area contributed by atoms with Crippen LogP contribution in [0.25, 0.3) is 11.3 Å². The van der Waals surface area contributed by atoms with Gasteiger partial charge in [0.25, 0.3) is 10.0 Å². The Balaban J connectivity index is 1.97. The molecule has 26 heavy (non-hydrogen) atoms. The van der Waals surface area contributed by atoms with E-state index >= 15 is 0 Å². The van der Waals surface area contributed by atoms with E-state index in [1.54, 1.807) is 31.2 Å². The van der Waals surface area contributed by atoms with Crippen molar-refractivity contribution in [2.45, 2.75) is 18.7 Å². The summed E-state index contributed by atoms with van der Waals surface area (Å²) in [5.41, 5.74) is 2.53. The predicted molar refractivity (Wildman–Crippen MR) is 106 cm³/mol. The minimum atomic E-state index is -3.78. The number of halogens is 1. The number of hydrogen-bond acceptors (Lipinski definition) is 5. The summed E-state index contributed by atoms with van der Waals surface area (Å²) in [5, 5.41) is 3.17. The minimum absolute atomic E-state index is 0.201. The molecule has 1 N–H and O–H groups in total. The molecule has 5 nitrogen and oxygen atoms in total. The molecule has 0 aliphatic carbocycles. The molecule has 3 aromatic rings. The number of aryl methyl sites for hydroxylation is 2. The zero-order valence-corrected chi connectivity index (χ0v) is 16.8. The van der Waals surface area contributed by atoms with Crippen molar-refractivity contribution in [3.05, 3.63) is 57.4 Å². The molecule has 0 saturated heterocycles. The molecule has 2 aromatic carbocycles. The van der Waals surface area contributed by atoms with Crippen LogP contribution in [0.2, 0.25) is 5.02 Å². The normalized spacial score (nSPS) is 11.4. The maximum Gasteiger partial charge on any atom is 0.262 e. The van der Waals surface area contributed by atoms with E-state index in [2.05, 4.69) is 9.71 Å². The first kappa shape index (κ1) is 18.7. The molecule has 0 aliphatic rings. The van der Waals surface area contributed by atoms with Crippen LogP contribution >= 0.6 is 22.9 Å². The molecule has 0 bridgehead atoms. The summed E-state index contributed by atoms with van der Waals surface area (Å²) in [6.45, 7) is 3.67. The third kappa shape index (κ3) is 3.85. The van der Waals surface area contributed by atoms with E-state index in [-0.39, 0.29) is 4.90 Å². The highest BCUT2D eigenvalue weighted by Gasteiger charge is 2.19. The number of rotatable bonds is 5. The van der Waals surface area contributed by atoms with Crippen molar-refractivity contribution in [3.8, 4) is 17.0 Å². The van der Waals surface area contributed by atoms with Crippen LogP contribution in [0.4, 0.5) is 5.69 Å². The van der Waals surface area contributed by atoms with Gasteiger partial charge in [-0.2, -0.15) is 0 Å². The summed E-state index contributed by atoms with van der Waals surface area (Å²) in [6.07, 6.45) is 0. The first-order valence-electron chi connectivity index (χ1n) is 7.69. The standard InChI is InChI=1S/C18H17ClN2O3S2/c1-11-4-5-13(16-10-25-12(2)20-16)8-18(11)26(22,23)21-14-6-7-17(24-3)15(19)9-14/h4-10,21H,1-3H3. The topological polar surface area (TPSA) is 68.3 Å². The van der Waals surface area contributed by atoms with Crippen molar-refractivity contribution in [2.24, 2.45) is 0 Å². The van der Waals surface area contributed by atoms with Gasteiger partial charge < -0.3 is 4.74 Å². The lowest BCUT2D eigenvalue weighted by Gasteiger charge is -2.12. The van der Waals surface area contributed by atoms with Crippen LogP contribution in [0.5, 0.6) is 5.75 Å². The van der Waals surface area contributed by atoms with Gasteiger partial charge in [-0.15, -0.1) is 11.3 Å². The second kappa shape index (κ2) is 7.26. The maximum atomic E-state index is 12.9. The Morgan fingerprint density at radius 3 is 2.54 bits per heavy atom. The largest absolute Gasteiger partial charge is 0.495 e. The zero-order chi connectivity index (χ0) is 18.9. The number of methoxy groups -OCH3 is 1. The highest BCUT2D eigenvalue weighted by Crippen LogP contribution is 2.30. The third-order valence-corrected chi connectivity index (χ3v) is 6.39. The number of benzene rings is 2. The molecule has 0 amide bonds. The summed E-state index contributed by atoms with van der Waals surface area (Å²) < 4.78 is 33.4. The Kier molecular flexibility index (Phi) is 5.22. The lowest BCUT2D eigenvalue weighted by Crippen LogP contribution is -2.14. The van der Waals surface area contributed by atoms with Crippen LogP contribution in [0.3, 0.4) is 0 Å². The molecule has 0 fully saturated rings. The minimum Gasteiger partial charge on any atom is -0.495 e. The van der Waals surface area contributed by atoms with Crippen molar-refractivity contribution in [1.29, 1.82) is 0 Å². The first-order chi connectivity index (χ1) is 12.3. The van der Waals surface area contributed by atoms with E-state index in [4.69, 9.17) is 16.3 Å². The lowest BCUT2D eigenvalue weighted by atomic mass is 10.1. The molecule has 1 heterocycles. The summed E-state index contributed by atoms with van der Waals surface area (Å²) in [4.78, 5) is 4.62. The van der Waals surface area contributed by atoms with Gasteiger partial charge in [0, 0.05) is 10.9 Å². The van der Waals surface area contributed by atoms with Crippen LogP contribution in [-0.2, 0) is 10.0 Å². The monoisotopic (exact) mass is 408 g/mol. The van der Waals surface area contributed by atoms with Gasteiger partial charge in [-0.25, -0.2) is 13.4 Å². The van der Waals surface area contributed by atoms with E-state index in [1.807, 2.05) is 18.4 Å². The van der Waals surface area contributed by atoms with Gasteiger partial charge >= 0.3 is 0 Å². The average molecular weight is 409 g/mol. The molecule has 136 valence electrons. The maximum absolute atomic E-state index is 12.9. The lowest BCUT2D eigenvalue weighted by molar-refractivity contribution is 0.415. The van der Waals surface area contributed by atoms with Crippen LogP contribution in [0, 0.1) is 13.8 Å². The van der Waals surface area contributed by atoms with Crippen LogP contribution in [-0.4, -0.2) is 20.5 Å². The number of anilines is 1. The first-order valence-corrected chi connectivity index (χ1v) is 10.4. The molecule has 8 heteroatoms. The molecular formula is C18H17ClN2O3S2. The van der Waals surface area contributed by atoms with Crippen LogP contribution in [0.15, 0.2) is 46.7 Å². The third-order valence-electron chi connectivity index (χ3n) is 3.80. The van der Waals surface area contributed by atoms with Crippen LogP contribution < -0.4 is 9.46 Å². The highest BCUT2D eigenvalue weighted by atomic mass is 35.5. The summed E-state index contributed by atoms with van der Waals surface area (Å²) in [7, 11) is -2.28. The molecule has 0 radical (unpaired) electrons. The summed E-state index contributed by atoms with van der Waals surface area (Å²) in [5.74, 6) is 0.478. The number of nitrogens with zero attached hydrogens (tertiary/aromatic N) is 1. The number of sulfonamides is 1. The average Bonchev–Trinajstić information content (AvgIpc) is 3.01. The van der Waals surface area contributed by atoms with E-state index in [1.165, 1.54) is 24.5 Å². The second-order valence-electron chi connectivity index (χ2n) is 5.69. The summed E-state index contributed by atoms with van der Waals surface area (Å²) >= 11 is 7.60. The zero-order valence-electron chi connectivity index (χ0n) is 14.4. The molecule has 1 aromatic heterocycles. The molecule has 3 rings (SSSR count). The number of thiazole rings is 1. The van der Waals surface area contributed by atoms with E-state index < -0.39 is 10.0 Å². The van der Waals surface area contributed by atoms with Crippen molar-refractivity contribution < 1.29 is 13.2 Å². The van der Waals surface area contributed by atoms with Gasteiger partial charge in [0.15, 0.2) is 0 Å². The Bertz CT molecular complexity index is 1060. The highest BCUT2D eigenvalue weighted by molar-refractivity contribution is 7.92. The predicted octanol–water partition coefficient (Wildman–Crippen LogP) is 4.89. The molecular weight excluding hydrogens is 392 g/mol. The Morgan fingerprint density at radius 1 is 1.15 bits per heavy atom. The fourth-order valence-corrected chi connectivity index (χ4v) is 4.69. The van der Waals surface area contributed by atoms with Crippen LogP contribution in [0.1, 0.15) is 10.6 Å². The van der Waals surface area contributed by atoms with Gasteiger partial charge in [0.2, 0.25) is 0 Å². The van der Waals surface area contributed by atoms with Gasteiger partial charge in [0.1, 0.15) is 5.75 Å². The number of aromatic nitrogens is 1. The number of nitrogens with one attached hydrogen (secondary N) is 1. The fraction of sp³-hybridized carbons (Fsp3) is 0.167. The van der Waals surface area contributed by atoms with Crippen molar-refractivity contribution >= 4 is 38.6 Å². The molecule has 0 spiro atoms. The SMILES string of the molecule is COc1ccc(NS(=O)(=O)c2cc(-c3csc(C)n3)ccc2C)cc1Cl. The molecule has 0 atom stereocenters. The Labute approximate surface area is 161 Å². The van der Waals surface area contributed by atoms with Gasteiger partial charge in [-0.3, -0.25) is 4.72 Å². The van der Waals surface area contributed by atoms with Gasteiger partial charge in [-0.1, -0.05) is 23.7 Å². The van der Waals surface area contributed by atoms with Crippen molar-refractivity contribution in [2.75, 3.05) is 11.8 Å². The number of ether oxygens (including phenoxy) is 1. The molecule has 0 saturated carbocycles. The van der Waals surface area contributed by atoms with Gasteiger partial charge in [0.05, 0.1) is 33.4 Å². The van der Waals surface area contributed by atoms with E-state index in [0.29, 0.717) is 22.0 Å². The quantitative estimate of drug-likeness (QED) is 0.652. The summed E-state index contributed by atoms with van der Waals surface area (Å²) in [6, 6.07) is 10.0. The Hall–Kier alpha value is -2.09.